The van der Waals surface area contributed by atoms with Gasteiger partial charge < -0.3 is 15.0 Å². The summed E-state index contributed by atoms with van der Waals surface area (Å²) in [7, 11) is 1.54. The number of methoxy groups -OCH3 is 1. The molecule has 0 bridgehead atoms. The molecule has 0 aliphatic carbocycles. The van der Waals surface area contributed by atoms with Gasteiger partial charge in [-0.2, -0.15) is 0 Å². The first-order valence-electron chi connectivity index (χ1n) is 7.83. The third kappa shape index (κ3) is 3.59. The minimum atomic E-state index is -0.593. The van der Waals surface area contributed by atoms with E-state index in [1.165, 1.54) is 0 Å². The Morgan fingerprint density at radius 3 is 2.82 bits per heavy atom. The van der Waals surface area contributed by atoms with Crippen molar-refractivity contribution in [2.75, 3.05) is 19.0 Å². The van der Waals surface area contributed by atoms with E-state index >= 15 is 0 Å². The molecule has 1 unspecified atom stereocenters. The predicted molar refractivity (Wildman–Crippen MR) is 86.0 cm³/mol. The van der Waals surface area contributed by atoms with Crippen molar-refractivity contribution in [3.05, 3.63) is 23.8 Å². The molecule has 5 heteroatoms. The van der Waals surface area contributed by atoms with Gasteiger partial charge in [0.25, 0.3) is 0 Å². The summed E-state index contributed by atoms with van der Waals surface area (Å²) < 4.78 is 5.23. The molecule has 1 aliphatic rings. The van der Waals surface area contributed by atoms with Crippen LogP contribution in [0.5, 0.6) is 5.75 Å². The Kier molecular flexibility index (Phi) is 5.41. The number of carbonyl (C=O) groups excluding carboxylic acids is 2. The molecule has 0 aromatic heterocycles. The van der Waals surface area contributed by atoms with Gasteiger partial charge in [0, 0.05) is 12.6 Å². The van der Waals surface area contributed by atoms with E-state index in [1.54, 1.807) is 24.1 Å². The second kappa shape index (κ2) is 7.29. The lowest BCUT2D eigenvalue weighted by Crippen LogP contribution is -2.48. The van der Waals surface area contributed by atoms with Crippen molar-refractivity contribution in [3.8, 4) is 5.75 Å². The normalized spacial score (nSPS) is 18.0. The van der Waals surface area contributed by atoms with Crippen LogP contribution < -0.4 is 10.1 Å². The van der Waals surface area contributed by atoms with Gasteiger partial charge in [0.2, 0.25) is 0 Å². The Hall–Kier alpha value is -2.04. The number of benzene rings is 1. The number of carbonyl (C=O) groups is 2. The van der Waals surface area contributed by atoms with Crippen molar-refractivity contribution < 1.29 is 14.3 Å². The molecule has 1 aromatic carbocycles. The van der Waals surface area contributed by atoms with Crippen molar-refractivity contribution >= 4 is 17.5 Å². The Labute approximate surface area is 131 Å². The van der Waals surface area contributed by atoms with Crippen LogP contribution in [0.3, 0.4) is 0 Å². The first-order chi connectivity index (χ1) is 10.6. The lowest BCUT2D eigenvalue weighted by atomic mass is 10.00. The first-order valence-corrected chi connectivity index (χ1v) is 7.83. The van der Waals surface area contributed by atoms with Gasteiger partial charge in [0.05, 0.1) is 12.8 Å². The van der Waals surface area contributed by atoms with E-state index in [0.717, 1.165) is 31.2 Å². The number of ether oxygens (including phenoxy) is 1. The van der Waals surface area contributed by atoms with Crippen LogP contribution in [-0.4, -0.2) is 36.4 Å². The van der Waals surface area contributed by atoms with Gasteiger partial charge in [0.15, 0.2) is 0 Å². The van der Waals surface area contributed by atoms with Crippen LogP contribution in [0.2, 0.25) is 0 Å². The maximum absolute atomic E-state index is 12.4. The smallest absolute Gasteiger partial charge is 0.314 e. The summed E-state index contributed by atoms with van der Waals surface area (Å²) in [4.78, 5) is 26.4. The quantitative estimate of drug-likeness (QED) is 0.874. The van der Waals surface area contributed by atoms with Gasteiger partial charge in [-0.3, -0.25) is 9.59 Å². The van der Waals surface area contributed by atoms with E-state index in [-0.39, 0.29) is 6.04 Å². The fourth-order valence-electron chi connectivity index (χ4n) is 2.92. The summed E-state index contributed by atoms with van der Waals surface area (Å²) in [6, 6.07) is 5.66. The van der Waals surface area contributed by atoms with E-state index in [2.05, 4.69) is 12.2 Å². The number of aryl methyl sites for hydroxylation is 1. The molecule has 120 valence electrons. The Morgan fingerprint density at radius 1 is 1.36 bits per heavy atom. The van der Waals surface area contributed by atoms with E-state index in [4.69, 9.17) is 4.74 Å². The van der Waals surface area contributed by atoms with Gasteiger partial charge in [0.1, 0.15) is 5.75 Å². The number of nitrogens with one attached hydrogen (secondary N) is 1. The summed E-state index contributed by atoms with van der Waals surface area (Å²) >= 11 is 0. The number of anilines is 1. The number of nitrogens with zero attached hydrogens (tertiary/aromatic N) is 1. The lowest BCUT2D eigenvalue weighted by Gasteiger charge is -2.34. The van der Waals surface area contributed by atoms with Gasteiger partial charge >= 0.3 is 11.8 Å². The molecule has 0 saturated carbocycles. The summed E-state index contributed by atoms with van der Waals surface area (Å²) in [5.74, 6) is -0.489. The zero-order valence-electron chi connectivity index (χ0n) is 13.5. The molecule has 5 nitrogen and oxygen atoms in total. The van der Waals surface area contributed by atoms with Gasteiger partial charge in [-0.1, -0.05) is 13.0 Å². The molecule has 1 heterocycles. The highest BCUT2D eigenvalue weighted by molar-refractivity contribution is 6.39. The molecule has 2 rings (SSSR count). The molecule has 1 aliphatic heterocycles. The van der Waals surface area contributed by atoms with Gasteiger partial charge in [-0.05, 0) is 50.3 Å². The molecule has 1 aromatic rings. The van der Waals surface area contributed by atoms with E-state index in [9.17, 15) is 9.59 Å². The Balaban J connectivity index is 2.11. The molecule has 0 radical (unpaired) electrons. The maximum atomic E-state index is 12.4. The molecule has 0 spiro atoms. The molecule has 2 amide bonds. The summed E-state index contributed by atoms with van der Waals surface area (Å²) in [5, 5.41) is 2.69. The fourth-order valence-corrected chi connectivity index (χ4v) is 2.92. The number of likely N-dealkylation sites (tertiary alicyclic amines) is 1. The number of hydrogen-bond donors (Lipinski definition) is 1. The minimum Gasteiger partial charge on any atom is -0.495 e. The van der Waals surface area contributed by atoms with Crippen LogP contribution in [0.25, 0.3) is 0 Å². The number of rotatable bonds is 3. The Morgan fingerprint density at radius 2 is 2.14 bits per heavy atom. The molecule has 1 N–H and O–H groups in total. The highest BCUT2D eigenvalue weighted by Gasteiger charge is 2.30. The van der Waals surface area contributed by atoms with Crippen LogP contribution in [0.1, 0.15) is 38.2 Å². The molecule has 1 fully saturated rings. The number of amides is 2. The Bertz CT molecular complexity index is 557. The van der Waals surface area contributed by atoms with Crippen LogP contribution in [0.15, 0.2) is 18.2 Å². The van der Waals surface area contributed by atoms with Crippen LogP contribution in [-0.2, 0) is 9.59 Å². The largest absolute Gasteiger partial charge is 0.495 e. The van der Waals surface area contributed by atoms with Crippen molar-refractivity contribution in [1.29, 1.82) is 0 Å². The second-order valence-corrected chi connectivity index (χ2v) is 5.71. The lowest BCUT2D eigenvalue weighted by molar-refractivity contribution is -0.145. The maximum Gasteiger partial charge on any atom is 0.314 e. The van der Waals surface area contributed by atoms with E-state index in [0.29, 0.717) is 18.0 Å². The SMILES string of the molecule is CCC1CCCCN1C(=O)C(=O)Nc1cc(C)ccc1OC. The highest BCUT2D eigenvalue weighted by Crippen LogP contribution is 2.26. The van der Waals surface area contributed by atoms with Crippen molar-refractivity contribution in [2.24, 2.45) is 0 Å². The zero-order chi connectivity index (χ0) is 16.1. The number of hydrogen-bond acceptors (Lipinski definition) is 3. The van der Waals surface area contributed by atoms with Crippen LogP contribution in [0.4, 0.5) is 5.69 Å². The van der Waals surface area contributed by atoms with Gasteiger partial charge in [-0.15, -0.1) is 0 Å². The van der Waals surface area contributed by atoms with Crippen LogP contribution in [0, 0.1) is 6.92 Å². The molecular weight excluding hydrogens is 280 g/mol. The third-order valence-electron chi connectivity index (χ3n) is 4.16. The average molecular weight is 304 g/mol. The first kappa shape index (κ1) is 16.3. The minimum absolute atomic E-state index is 0.173. The molecular formula is C17H24N2O3. The average Bonchev–Trinajstić information content (AvgIpc) is 2.54. The fraction of sp³-hybridized carbons (Fsp3) is 0.529. The third-order valence-corrected chi connectivity index (χ3v) is 4.16. The second-order valence-electron chi connectivity index (χ2n) is 5.71. The standard InChI is InChI=1S/C17H24N2O3/c1-4-13-7-5-6-10-19(13)17(21)16(20)18-14-11-12(2)8-9-15(14)22-3/h8-9,11,13H,4-7,10H2,1-3H3,(H,18,20). The topological polar surface area (TPSA) is 58.6 Å². The highest BCUT2D eigenvalue weighted by atomic mass is 16.5. The summed E-state index contributed by atoms with van der Waals surface area (Å²) in [6.07, 6.45) is 3.94. The van der Waals surface area contributed by atoms with Gasteiger partial charge in [-0.25, -0.2) is 0 Å². The van der Waals surface area contributed by atoms with E-state index in [1.807, 2.05) is 13.0 Å². The monoisotopic (exact) mass is 304 g/mol. The molecule has 1 atom stereocenters. The van der Waals surface area contributed by atoms with Crippen molar-refractivity contribution in [2.45, 2.75) is 45.6 Å². The number of piperidine rings is 1. The van der Waals surface area contributed by atoms with Crippen LogP contribution >= 0.6 is 0 Å². The molecule has 22 heavy (non-hydrogen) atoms. The summed E-state index contributed by atoms with van der Waals surface area (Å²) in [5.41, 5.74) is 1.53. The zero-order valence-corrected chi connectivity index (χ0v) is 13.5. The predicted octanol–water partition coefficient (Wildman–Crippen LogP) is 2.73. The van der Waals surface area contributed by atoms with Crippen molar-refractivity contribution in [1.82, 2.24) is 4.90 Å². The molecule has 1 saturated heterocycles. The van der Waals surface area contributed by atoms with Crippen molar-refractivity contribution in [3.63, 3.8) is 0 Å². The summed E-state index contributed by atoms with van der Waals surface area (Å²) in [6.45, 7) is 4.64. The van der Waals surface area contributed by atoms with E-state index < -0.39 is 11.8 Å².